The number of ether oxygens (including phenoxy) is 2. The number of aliphatic hydroxyl groups is 2. The van der Waals surface area contributed by atoms with Crippen molar-refractivity contribution >= 4 is 52.3 Å². The van der Waals surface area contributed by atoms with Gasteiger partial charge in [-0.15, -0.1) is 22.0 Å². The molecule has 2 atom stereocenters. The van der Waals surface area contributed by atoms with E-state index < -0.39 is 87.9 Å². The van der Waals surface area contributed by atoms with Gasteiger partial charge < -0.3 is 19.7 Å². The molecule has 6 rings (SSSR count). The number of esters is 2. The minimum Gasteiger partial charge on any atom is -0.468 e. The topological polar surface area (TPSA) is 206 Å². The summed E-state index contributed by atoms with van der Waals surface area (Å²) in [5, 5.41) is 42.1. The third kappa shape index (κ3) is 12.1. The Morgan fingerprint density at radius 3 is 1.51 bits per heavy atom. The largest absolute Gasteiger partial charge is 0.468 e. The van der Waals surface area contributed by atoms with E-state index in [0.717, 1.165) is 82.6 Å². The number of halogens is 9. The van der Waals surface area contributed by atoms with Crippen LogP contribution in [0.2, 0.25) is 0 Å². The zero-order chi connectivity index (χ0) is 46.6. The van der Waals surface area contributed by atoms with Gasteiger partial charge in [0.1, 0.15) is 47.3 Å². The Hall–Kier alpha value is -5.64. The van der Waals surface area contributed by atoms with Gasteiger partial charge in [-0.2, -0.15) is 30.2 Å². The number of thioether (sulfide) groups is 1. The fraction of sp³-hybridized carbons (Fsp3) is 0.278. The van der Waals surface area contributed by atoms with E-state index in [-0.39, 0.29) is 17.5 Å². The van der Waals surface area contributed by atoms with Gasteiger partial charge in [0, 0.05) is 45.0 Å². The zero-order valence-corrected chi connectivity index (χ0v) is 35.5. The number of rotatable bonds is 14. The molecule has 336 valence electrons. The van der Waals surface area contributed by atoms with Gasteiger partial charge >= 0.3 is 23.8 Å². The number of methoxy groups -OCH3 is 2. The number of hydrogen-bond acceptors (Lipinski definition) is 16. The van der Waals surface area contributed by atoms with Crippen molar-refractivity contribution in [2.75, 3.05) is 25.7 Å². The highest BCUT2D eigenvalue weighted by Gasteiger charge is 2.59. The van der Waals surface area contributed by atoms with Crippen LogP contribution in [0.15, 0.2) is 95.1 Å². The number of thiol groups is 1. The number of benzene rings is 2. The van der Waals surface area contributed by atoms with Crippen molar-refractivity contribution in [3.05, 3.63) is 136 Å². The zero-order valence-electron chi connectivity index (χ0n) is 32.2. The Labute approximate surface area is 368 Å². The lowest BCUT2D eigenvalue weighted by molar-refractivity contribution is -0.207. The Morgan fingerprint density at radius 1 is 0.714 bits per heavy atom. The average molecular weight is 996 g/mol. The van der Waals surface area contributed by atoms with Gasteiger partial charge in [-0.25, -0.2) is 26.9 Å². The quantitative estimate of drug-likeness (QED) is 0.0558. The maximum atomic E-state index is 15.5. The summed E-state index contributed by atoms with van der Waals surface area (Å²) in [6.45, 7) is -1.84. The van der Waals surface area contributed by atoms with Crippen molar-refractivity contribution in [3.63, 3.8) is 0 Å². The molecule has 6 aromatic rings. The first kappa shape index (κ1) is 50.0. The SMILES string of the molecule is COC(=O)CS.COC(=O)CSc1ccc(C(F)(F)C(O)(Cn2cnnn2)c2ccc(F)cc2F)nc1.OC(Cn1cnnn1)(c1ccc(F)cc1F)C(F)(F)c1ccc(Br)cn1. The maximum Gasteiger partial charge on any atom is 0.323 e. The van der Waals surface area contributed by atoms with Gasteiger partial charge in [0.05, 0.1) is 38.8 Å². The lowest BCUT2D eigenvalue weighted by Crippen LogP contribution is -2.48. The Bertz CT molecular complexity index is 2430. The normalized spacial score (nSPS) is 13.3. The van der Waals surface area contributed by atoms with E-state index in [2.05, 4.69) is 79.1 Å². The molecule has 4 heterocycles. The molecule has 2 unspecified atom stereocenters. The monoisotopic (exact) mass is 994 g/mol. The van der Waals surface area contributed by atoms with Crippen LogP contribution in [0.1, 0.15) is 22.5 Å². The number of carbonyl (C=O) groups is 2. The standard InChI is InChI=1S/C18H15F4N5O3S.C15H10BrF4N5O.C3H6O2S/c1-30-16(28)8-31-12-3-5-15(23-7-12)18(21,22)17(29,9-27-10-24-25-26-27)13-4-2-11(19)6-14(13)20;16-9-1-4-13(21-6-9)15(19,20)14(26,7-25-8-22-23-24-25)11-3-2-10(17)5-12(11)18;1-5-3(4)2-6/h2-7,10,29H,8-9H2,1H3;1-6,8,26H,7H2;6H,2H2,1H3. The van der Waals surface area contributed by atoms with Crippen molar-refractivity contribution in [3.8, 4) is 0 Å². The molecule has 0 amide bonds. The molecule has 63 heavy (non-hydrogen) atoms. The van der Waals surface area contributed by atoms with E-state index >= 15 is 17.6 Å². The summed E-state index contributed by atoms with van der Waals surface area (Å²) < 4.78 is 127. The lowest BCUT2D eigenvalue weighted by atomic mass is 9.84. The number of alkyl halides is 4. The summed E-state index contributed by atoms with van der Waals surface area (Å²) in [6, 6.07) is 8.28. The van der Waals surface area contributed by atoms with Crippen LogP contribution in [-0.4, -0.2) is 98.3 Å². The first-order valence-corrected chi connectivity index (χ1v) is 19.6. The molecule has 2 aromatic carbocycles. The van der Waals surface area contributed by atoms with Gasteiger partial charge in [-0.3, -0.25) is 19.6 Å². The van der Waals surface area contributed by atoms with Crippen molar-refractivity contribution in [2.24, 2.45) is 0 Å². The predicted molar refractivity (Wildman–Crippen MR) is 209 cm³/mol. The molecule has 27 heteroatoms. The van der Waals surface area contributed by atoms with E-state index in [1.165, 1.54) is 26.4 Å². The van der Waals surface area contributed by atoms with Crippen LogP contribution in [0.5, 0.6) is 0 Å². The molecule has 0 fully saturated rings. The van der Waals surface area contributed by atoms with Gasteiger partial charge in [0.15, 0.2) is 11.2 Å². The minimum atomic E-state index is -4.15. The van der Waals surface area contributed by atoms with Crippen molar-refractivity contribution in [1.82, 2.24) is 50.4 Å². The average Bonchev–Trinajstić information content (AvgIpc) is 3.98. The highest BCUT2D eigenvalue weighted by Crippen LogP contribution is 2.48. The third-order valence-electron chi connectivity index (χ3n) is 8.41. The molecule has 0 saturated carbocycles. The molecule has 16 nitrogen and oxygen atoms in total. The summed E-state index contributed by atoms with van der Waals surface area (Å²) in [5.41, 5.74) is -9.71. The van der Waals surface area contributed by atoms with Crippen molar-refractivity contribution in [1.29, 1.82) is 0 Å². The molecule has 0 aliphatic carbocycles. The van der Waals surface area contributed by atoms with Crippen LogP contribution in [0.3, 0.4) is 0 Å². The number of nitrogens with zero attached hydrogens (tertiary/aromatic N) is 10. The number of tetrazole rings is 2. The third-order valence-corrected chi connectivity index (χ3v) is 10.1. The van der Waals surface area contributed by atoms with Crippen LogP contribution in [0, 0.1) is 23.3 Å². The molecule has 2 N–H and O–H groups in total. The van der Waals surface area contributed by atoms with E-state index in [9.17, 15) is 37.4 Å². The molecular weight excluding hydrogens is 964 g/mol. The van der Waals surface area contributed by atoms with Gasteiger partial charge in [0.2, 0.25) is 0 Å². The first-order valence-electron chi connectivity index (χ1n) is 17.2. The van der Waals surface area contributed by atoms with Gasteiger partial charge in [-0.05, 0) is 85.3 Å². The predicted octanol–water partition coefficient (Wildman–Crippen LogP) is 5.17. The van der Waals surface area contributed by atoms with Gasteiger partial charge in [0.25, 0.3) is 0 Å². The second kappa shape index (κ2) is 21.6. The fourth-order valence-electron chi connectivity index (χ4n) is 5.23. The summed E-state index contributed by atoms with van der Waals surface area (Å²) in [7, 11) is 2.55. The highest BCUT2D eigenvalue weighted by molar-refractivity contribution is 9.10. The Kier molecular flexibility index (Phi) is 17.2. The van der Waals surface area contributed by atoms with Crippen LogP contribution >= 0.6 is 40.3 Å². The first-order chi connectivity index (χ1) is 29.7. The highest BCUT2D eigenvalue weighted by atomic mass is 79.9. The molecule has 0 saturated heterocycles. The summed E-state index contributed by atoms with van der Waals surface area (Å²) in [5.74, 6) is -13.6. The molecular formula is C36H31BrF8N10O6S2. The van der Waals surface area contributed by atoms with Crippen molar-refractivity contribution in [2.45, 2.75) is 41.0 Å². The summed E-state index contributed by atoms with van der Waals surface area (Å²) in [6.07, 6.45) is 4.14. The van der Waals surface area contributed by atoms with E-state index in [0.29, 0.717) is 21.5 Å². The van der Waals surface area contributed by atoms with Crippen LogP contribution in [0.25, 0.3) is 0 Å². The lowest BCUT2D eigenvalue weighted by Gasteiger charge is -2.35. The maximum absolute atomic E-state index is 15.5. The molecule has 0 aliphatic rings. The summed E-state index contributed by atoms with van der Waals surface area (Å²) in [4.78, 5) is 28.8. The molecule has 0 bridgehead atoms. The number of pyridine rings is 2. The fourth-order valence-corrected chi connectivity index (χ4v) is 6.29. The van der Waals surface area contributed by atoms with Crippen LogP contribution in [0.4, 0.5) is 35.1 Å². The van der Waals surface area contributed by atoms with Crippen LogP contribution in [-0.2, 0) is 55.2 Å². The molecule has 0 aliphatic heterocycles. The summed E-state index contributed by atoms with van der Waals surface area (Å²) >= 11 is 7.70. The molecule has 0 radical (unpaired) electrons. The number of carbonyl (C=O) groups excluding carboxylic acids is 2. The van der Waals surface area contributed by atoms with Gasteiger partial charge in [-0.1, -0.05) is 0 Å². The van der Waals surface area contributed by atoms with E-state index in [1.54, 1.807) is 0 Å². The van der Waals surface area contributed by atoms with E-state index in [1.807, 2.05) is 0 Å². The Balaban J connectivity index is 0.000000248. The van der Waals surface area contributed by atoms with Crippen molar-refractivity contribution < 1.29 is 64.4 Å². The number of hydrogen-bond donors (Lipinski definition) is 3. The minimum absolute atomic E-state index is 0.0576. The second-order valence-corrected chi connectivity index (χ2v) is 14.8. The van der Waals surface area contributed by atoms with Crippen LogP contribution < -0.4 is 0 Å². The number of aromatic nitrogens is 10. The smallest absolute Gasteiger partial charge is 0.323 e. The van der Waals surface area contributed by atoms with E-state index in [4.69, 9.17) is 0 Å². The second-order valence-electron chi connectivity index (χ2n) is 12.5. The molecule has 0 spiro atoms. The molecule has 4 aromatic heterocycles. The Morgan fingerprint density at radius 2 is 1.17 bits per heavy atom.